The second-order valence-electron chi connectivity index (χ2n) is 4.39. The average Bonchev–Trinajstić information content (AvgIpc) is 2.86. The van der Waals surface area contributed by atoms with Crippen LogP contribution in [0.1, 0.15) is 34.5 Å². The van der Waals surface area contributed by atoms with Crippen LogP contribution in [0.4, 0.5) is 0 Å². The van der Waals surface area contributed by atoms with Crippen LogP contribution in [0.25, 0.3) is 0 Å². The van der Waals surface area contributed by atoms with Crippen molar-refractivity contribution in [2.75, 3.05) is 7.11 Å². The zero-order valence-corrected chi connectivity index (χ0v) is 11.9. The lowest BCUT2D eigenvalue weighted by Gasteiger charge is -2.16. The lowest BCUT2D eigenvalue weighted by molar-refractivity contribution is 0.408. The van der Waals surface area contributed by atoms with Gasteiger partial charge in [0.25, 0.3) is 0 Å². The molecule has 0 saturated carbocycles. The molecule has 3 heteroatoms. The van der Waals surface area contributed by atoms with Crippen LogP contribution >= 0.6 is 11.3 Å². The van der Waals surface area contributed by atoms with E-state index in [1.54, 1.807) is 18.4 Å². The Balaban J connectivity index is 2.45. The van der Waals surface area contributed by atoms with E-state index in [1.165, 1.54) is 16.0 Å². The van der Waals surface area contributed by atoms with E-state index in [2.05, 4.69) is 31.4 Å². The molecule has 0 radical (unpaired) electrons. The molecule has 0 aliphatic heterocycles. The Kier molecular flexibility index (Phi) is 4.04. The molecular weight excluding hydrogens is 242 g/mol. The molecule has 18 heavy (non-hydrogen) atoms. The minimum absolute atomic E-state index is 0.102. The van der Waals surface area contributed by atoms with Gasteiger partial charge in [-0.25, -0.2) is 0 Å². The van der Waals surface area contributed by atoms with Gasteiger partial charge in [0.05, 0.1) is 13.2 Å². The predicted octanol–water partition coefficient (Wildman–Crippen LogP) is 3.68. The monoisotopic (exact) mass is 261 g/mol. The first-order valence-electron chi connectivity index (χ1n) is 6.13. The van der Waals surface area contributed by atoms with Crippen LogP contribution < -0.4 is 10.5 Å². The number of rotatable bonds is 4. The lowest BCUT2D eigenvalue weighted by atomic mass is 9.99. The van der Waals surface area contributed by atoms with Gasteiger partial charge in [-0.2, -0.15) is 0 Å². The molecule has 1 atom stereocenters. The van der Waals surface area contributed by atoms with Crippen molar-refractivity contribution in [1.82, 2.24) is 0 Å². The maximum Gasteiger partial charge on any atom is 0.124 e. The molecule has 1 aromatic carbocycles. The SMILES string of the molecule is CCc1ccsc1C(N)c1cc(C)ccc1OC. The molecule has 0 fully saturated rings. The first-order chi connectivity index (χ1) is 8.67. The number of methoxy groups -OCH3 is 1. The summed E-state index contributed by atoms with van der Waals surface area (Å²) in [5, 5.41) is 2.11. The number of hydrogen-bond donors (Lipinski definition) is 1. The molecule has 2 nitrogen and oxygen atoms in total. The number of aryl methyl sites for hydroxylation is 2. The van der Waals surface area contributed by atoms with Gasteiger partial charge in [-0.05, 0) is 36.4 Å². The maximum atomic E-state index is 6.41. The summed E-state index contributed by atoms with van der Waals surface area (Å²) < 4.78 is 5.42. The van der Waals surface area contributed by atoms with Gasteiger partial charge in [-0.15, -0.1) is 11.3 Å². The third kappa shape index (κ3) is 2.42. The molecule has 2 N–H and O–H groups in total. The van der Waals surface area contributed by atoms with Crippen LogP contribution in [-0.2, 0) is 6.42 Å². The molecule has 0 aliphatic rings. The summed E-state index contributed by atoms with van der Waals surface area (Å²) >= 11 is 1.72. The van der Waals surface area contributed by atoms with Crippen LogP contribution in [0.3, 0.4) is 0 Å². The van der Waals surface area contributed by atoms with Crippen molar-refractivity contribution in [3.63, 3.8) is 0 Å². The van der Waals surface area contributed by atoms with E-state index in [0.29, 0.717) is 0 Å². The Morgan fingerprint density at radius 3 is 2.78 bits per heavy atom. The molecule has 0 amide bonds. The van der Waals surface area contributed by atoms with E-state index in [0.717, 1.165) is 17.7 Å². The van der Waals surface area contributed by atoms with Gasteiger partial charge in [0.1, 0.15) is 5.75 Å². The van der Waals surface area contributed by atoms with Crippen molar-refractivity contribution in [3.8, 4) is 5.75 Å². The average molecular weight is 261 g/mol. The standard InChI is InChI=1S/C15H19NOS/c1-4-11-7-8-18-15(11)14(16)12-9-10(2)5-6-13(12)17-3/h5-9,14H,4,16H2,1-3H3. The number of nitrogens with two attached hydrogens (primary N) is 1. The first-order valence-corrected chi connectivity index (χ1v) is 7.01. The van der Waals surface area contributed by atoms with Gasteiger partial charge >= 0.3 is 0 Å². The molecule has 96 valence electrons. The molecule has 2 rings (SSSR count). The molecule has 0 saturated heterocycles. The van der Waals surface area contributed by atoms with Crippen LogP contribution in [0.2, 0.25) is 0 Å². The van der Waals surface area contributed by atoms with E-state index in [9.17, 15) is 0 Å². The van der Waals surface area contributed by atoms with Crippen molar-refractivity contribution in [2.24, 2.45) is 5.73 Å². The third-order valence-corrected chi connectivity index (χ3v) is 4.21. The molecule has 1 heterocycles. The zero-order chi connectivity index (χ0) is 13.1. The molecule has 1 aromatic heterocycles. The van der Waals surface area contributed by atoms with Gasteiger partial charge in [0, 0.05) is 10.4 Å². The highest BCUT2D eigenvalue weighted by Gasteiger charge is 2.17. The number of hydrogen-bond acceptors (Lipinski definition) is 3. The van der Waals surface area contributed by atoms with E-state index < -0.39 is 0 Å². The number of ether oxygens (including phenoxy) is 1. The summed E-state index contributed by atoms with van der Waals surface area (Å²) in [6.07, 6.45) is 1.01. The molecular formula is C15H19NOS. The van der Waals surface area contributed by atoms with Crippen LogP contribution in [-0.4, -0.2) is 7.11 Å². The van der Waals surface area contributed by atoms with Gasteiger partial charge in [0.15, 0.2) is 0 Å². The third-order valence-electron chi connectivity index (χ3n) is 3.16. The summed E-state index contributed by atoms with van der Waals surface area (Å²) in [5.74, 6) is 0.864. The number of thiophene rings is 1. The van der Waals surface area contributed by atoms with Crippen molar-refractivity contribution < 1.29 is 4.74 Å². The molecule has 2 aromatic rings. The largest absolute Gasteiger partial charge is 0.496 e. The Labute approximate surface area is 112 Å². The highest BCUT2D eigenvalue weighted by atomic mass is 32.1. The minimum atomic E-state index is -0.102. The highest BCUT2D eigenvalue weighted by molar-refractivity contribution is 7.10. The Bertz CT molecular complexity index is 533. The molecule has 0 aliphatic carbocycles. The minimum Gasteiger partial charge on any atom is -0.496 e. The first kappa shape index (κ1) is 13.1. The fourth-order valence-corrected chi connectivity index (χ4v) is 3.17. The second kappa shape index (κ2) is 5.55. The summed E-state index contributed by atoms with van der Waals surface area (Å²) in [5.41, 5.74) is 10.0. The van der Waals surface area contributed by atoms with E-state index >= 15 is 0 Å². The normalized spacial score (nSPS) is 12.4. The van der Waals surface area contributed by atoms with E-state index in [4.69, 9.17) is 10.5 Å². The van der Waals surface area contributed by atoms with Gasteiger partial charge in [-0.1, -0.05) is 24.6 Å². The predicted molar refractivity (Wildman–Crippen MR) is 77.5 cm³/mol. The van der Waals surface area contributed by atoms with Gasteiger partial charge in [-0.3, -0.25) is 0 Å². The topological polar surface area (TPSA) is 35.2 Å². The quantitative estimate of drug-likeness (QED) is 0.911. The highest BCUT2D eigenvalue weighted by Crippen LogP contribution is 2.33. The fourth-order valence-electron chi connectivity index (χ4n) is 2.15. The summed E-state index contributed by atoms with van der Waals surface area (Å²) in [4.78, 5) is 1.24. The zero-order valence-electron chi connectivity index (χ0n) is 11.1. The number of benzene rings is 1. The lowest BCUT2D eigenvalue weighted by Crippen LogP contribution is -2.13. The van der Waals surface area contributed by atoms with Crippen LogP contribution in [0, 0.1) is 6.92 Å². The smallest absolute Gasteiger partial charge is 0.124 e. The van der Waals surface area contributed by atoms with Crippen LogP contribution in [0.5, 0.6) is 5.75 Å². The maximum absolute atomic E-state index is 6.41. The Hall–Kier alpha value is -1.32. The summed E-state index contributed by atoms with van der Waals surface area (Å²) in [6, 6.07) is 8.20. The Morgan fingerprint density at radius 1 is 1.33 bits per heavy atom. The fraction of sp³-hybridized carbons (Fsp3) is 0.333. The molecule has 0 bridgehead atoms. The van der Waals surface area contributed by atoms with Gasteiger partial charge < -0.3 is 10.5 Å². The molecule has 1 unspecified atom stereocenters. The summed E-state index contributed by atoms with van der Waals surface area (Å²) in [7, 11) is 1.69. The van der Waals surface area contributed by atoms with Crippen LogP contribution in [0.15, 0.2) is 29.6 Å². The van der Waals surface area contributed by atoms with Crippen molar-refractivity contribution in [3.05, 3.63) is 51.2 Å². The van der Waals surface area contributed by atoms with Crippen molar-refractivity contribution in [1.29, 1.82) is 0 Å². The second-order valence-corrected chi connectivity index (χ2v) is 5.33. The Morgan fingerprint density at radius 2 is 2.11 bits per heavy atom. The molecule has 0 spiro atoms. The van der Waals surface area contributed by atoms with Gasteiger partial charge in [0.2, 0.25) is 0 Å². The van der Waals surface area contributed by atoms with E-state index in [1.807, 2.05) is 12.1 Å². The summed E-state index contributed by atoms with van der Waals surface area (Å²) in [6.45, 7) is 4.23. The van der Waals surface area contributed by atoms with Crippen molar-refractivity contribution >= 4 is 11.3 Å². The van der Waals surface area contributed by atoms with Crippen molar-refractivity contribution in [2.45, 2.75) is 26.3 Å². The van der Waals surface area contributed by atoms with E-state index in [-0.39, 0.29) is 6.04 Å².